The number of furan rings is 1. The van der Waals surface area contributed by atoms with Crippen LogP contribution in [0.2, 0.25) is 0 Å². The van der Waals surface area contributed by atoms with E-state index in [-0.39, 0.29) is 0 Å². The van der Waals surface area contributed by atoms with E-state index in [4.69, 9.17) is 14.4 Å². The highest BCUT2D eigenvalue weighted by Crippen LogP contribution is 2.41. The molecule has 53 heavy (non-hydrogen) atoms. The summed E-state index contributed by atoms with van der Waals surface area (Å²) in [6, 6.07) is 65.7. The van der Waals surface area contributed by atoms with Crippen molar-refractivity contribution in [2.24, 2.45) is 9.98 Å². The number of amidine groups is 2. The fourth-order valence-corrected chi connectivity index (χ4v) is 7.54. The third-order valence-electron chi connectivity index (χ3n) is 10.2. The van der Waals surface area contributed by atoms with Crippen LogP contribution in [0, 0.1) is 0 Å². The predicted octanol–water partition coefficient (Wildman–Crippen LogP) is 12.2. The smallest absolute Gasteiger partial charge is 0.159 e. The van der Waals surface area contributed by atoms with Crippen molar-refractivity contribution in [3.05, 3.63) is 205 Å². The molecule has 0 bridgehead atoms. The van der Waals surface area contributed by atoms with Gasteiger partial charge in [-0.2, -0.15) is 0 Å². The molecule has 9 aromatic rings. The molecule has 1 aromatic heterocycles. The van der Waals surface area contributed by atoms with E-state index in [1.165, 1.54) is 27.5 Å². The third-order valence-corrected chi connectivity index (χ3v) is 10.2. The highest BCUT2D eigenvalue weighted by atomic mass is 16.3. The second-order valence-electron chi connectivity index (χ2n) is 13.4. The normalized spacial score (nSPS) is 14.2. The molecule has 0 aliphatic carbocycles. The minimum absolute atomic E-state index is 0.409. The van der Waals surface area contributed by atoms with E-state index in [1.807, 2.05) is 36.4 Å². The monoisotopic (exact) mass is 679 g/mol. The van der Waals surface area contributed by atoms with E-state index in [0.29, 0.717) is 5.84 Å². The van der Waals surface area contributed by atoms with Crippen LogP contribution in [-0.4, -0.2) is 11.7 Å². The van der Waals surface area contributed by atoms with E-state index in [2.05, 4.69) is 157 Å². The molecule has 0 fully saturated rings. The standard InChI is InChI=1S/C49H33N3O/c1-3-12-32(13-4-1)33-22-24-36(25-23-33)41-30-31-43(45-42-19-9-10-21-44(42)53-46(41)45)49-51-47(37-15-5-2-6-16-37)50-48(52-49)38-28-26-35(27-29-38)40-20-11-17-34-14-7-8-18-39(34)40/h1-31,49H,(H,50,51,52). The molecule has 4 heteroatoms. The van der Waals surface area contributed by atoms with E-state index in [1.54, 1.807) is 0 Å². The van der Waals surface area contributed by atoms with Gasteiger partial charge in [0, 0.05) is 33.0 Å². The summed E-state index contributed by atoms with van der Waals surface area (Å²) in [7, 11) is 0. The van der Waals surface area contributed by atoms with Gasteiger partial charge in [0.15, 0.2) is 5.84 Å². The summed E-state index contributed by atoms with van der Waals surface area (Å²) in [6.07, 6.45) is -0.409. The summed E-state index contributed by atoms with van der Waals surface area (Å²) in [5.74, 6) is 1.46. The van der Waals surface area contributed by atoms with Gasteiger partial charge < -0.3 is 9.73 Å². The van der Waals surface area contributed by atoms with Crippen molar-refractivity contribution in [2.75, 3.05) is 0 Å². The number of hydrogen-bond donors (Lipinski definition) is 1. The first-order valence-electron chi connectivity index (χ1n) is 17.9. The van der Waals surface area contributed by atoms with Crippen molar-refractivity contribution in [3.63, 3.8) is 0 Å². The minimum atomic E-state index is -0.409. The zero-order chi connectivity index (χ0) is 35.1. The lowest BCUT2D eigenvalue weighted by Gasteiger charge is -2.24. The Labute approximate surface area is 307 Å². The van der Waals surface area contributed by atoms with Gasteiger partial charge in [-0.15, -0.1) is 0 Å². The maximum atomic E-state index is 6.69. The topological polar surface area (TPSA) is 49.9 Å². The highest BCUT2D eigenvalue weighted by Gasteiger charge is 2.26. The zero-order valence-electron chi connectivity index (χ0n) is 28.8. The molecule has 10 rings (SSSR count). The number of nitrogens with zero attached hydrogens (tertiary/aromatic N) is 2. The molecule has 1 N–H and O–H groups in total. The number of benzene rings is 8. The van der Waals surface area contributed by atoms with Gasteiger partial charge in [0.2, 0.25) is 0 Å². The van der Waals surface area contributed by atoms with Gasteiger partial charge >= 0.3 is 0 Å². The number of para-hydroxylation sites is 1. The molecule has 2 heterocycles. The van der Waals surface area contributed by atoms with E-state index < -0.39 is 6.17 Å². The van der Waals surface area contributed by atoms with E-state index in [0.717, 1.165) is 61.2 Å². The molecule has 1 atom stereocenters. The maximum Gasteiger partial charge on any atom is 0.159 e. The summed E-state index contributed by atoms with van der Waals surface area (Å²) in [5, 5.41) is 8.30. The van der Waals surface area contributed by atoms with Crippen molar-refractivity contribution in [3.8, 4) is 33.4 Å². The first-order chi connectivity index (χ1) is 26.3. The van der Waals surface area contributed by atoms with Crippen LogP contribution in [0.1, 0.15) is 22.9 Å². The van der Waals surface area contributed by atoms with Gasteiger partial charge in [0.25, 0.3) is 0 Å². The summed E-state index contributed by atoms with van der Waals surface area (Å²) in [5.41, 5.74) is 11.6. The summed E-state index contributed by atoms with van der Waals surface area (Å²) >= 11 is 0. The number of hydrogen-bond acceptors (Lipinski definition) is 4. The lowest BCUT2D eigenvalue weighted by atomic mass is 9.95. The first-order valence-corrected chi connectivity index (χ1v) is 17.9. The van der Waals surface area contributed by atoms with Crippen molar-refractivity contribution < 1.29 is 4.42 Å². The Morgan fingerprint density at radius 1 is 0.434 bits per heavy atom. The van der Waals surface area contributed by atoms with Crippen molar-refractivity contribution in [1.82, 2.24) is 5.32 Å². The van der Waals surface area contributed by atoms with Gasteiger partial charge in [0.05, 0.1) is 0 Å². The molecule has 1 unspecified atom stereocenters. The van der Waals surface area contributed by atoms with Gasteiger partial charge in [-0.1, -0.05) is 182 Å². The summed E-state index contributed by atoms with van der Waals surface area (Å²) in [4.78, 5) is 10.4. The Morgan fingerprint density at radius 3 is 1.79 bits per heavy atom. The molecule has 0 saturated carbocycles. The van der Waals surface area contributed by atoms with Gasteiger partial charge in [-0.05, 0) is 44.7 Å². The predicted molar refractivity (Wildman–Crippen MR) is 219 cm³/mol. The fraction of sp³-hybridized carbons (Fsp3) is 0.0204. The number of fused-ring (bicyclic) bond motifs is 4. The SMILES string of the molecule is c1ccc(C2=NC(c3ccc(-c4ccc(-c5ccccc5)cc4)c4oc5ccccc5c34)NC(c3ccc(-c4cccc5ccccc45)cc3)=N2)cc1. The van der Waals surface area contributed by atoms with Crippen LogP contribution in [0.3, 0.4) is 0 Å². The minimum Gasteiger partial charge on any atom is -0.455 e. The van der Waals surface area contributed by atoms with Gasteiger partial charge in [-0.25, -0.2) is 9.98 Å². The average Bonchev–Trinajstić information content (AvgIpc) is 3.64. The van der Waals surface area contributed by atoms with Crippen LogP contribution < -0.4 is 5.32 Å². The van der Waals surface area contributed by atoms with Crippen LogP contribution in [0.4, 0.5) is 0 Å². The lowest BCUT2D eigenvalue weighted by molar-refractivity contribution is 0.663. The fourth-order valence-electron chi connectivity index (χ4n) is 7.54. The molecule has 0 saturated heterocycles. The third kappa shape index (κ3) is 5.58. The van der Waals surface area contributed by atoms with Gasteiger partial charge in [0.1, 0.15) is 23.2 Å². The van der Waals surface area contributed by atoms with Crippen molar-refractivity contribution in [2.45, 2.75) is 6.17 Å². The molecule has 0 radical (unpaired) electrons. The van der Waals surface area contributed by atoms with Gasteiger partial charge in [-0.3, -0.25) is 0 Å². The molecule has 8 aromatic carbocycles. The van der Waals surface area contributed by atoms with E-state index >= 15 is 0 Å². The Kier molecular flexibility index (Phi) is 7.51. The Hall–Kier alpha value is -7.04. The second-order valence-corrected chi connectivity index (χ2v) is 13.4. The summed E-state index contributed by atoms with van der Waals surface area (Å²) in [6.45, 7) is 0. The molecule has 1 aliphatic heterocycles. The molecule has 4 nitrogen and oxygen atoms in total. The zero-order valence-corrected chi connectivity index (χ0v) is 28.8. The second kappa shape index (κ2) is 12.9. The first kappa shape index (κ1) is 30.8. The van der Waals surface area contributed by atoms with Crippen molar-refractivity contribution in [1.29, 1.82) is 0 Å². The Morgan fingerprint density at radius 2 is 1.02 bits per heavy atom. The average molecular weight is 680 g/mol. The lowest BCUT2D eigenvalue weighted by Crippen LogP contribution is -2.33. The van der Waals surface area contributed by atoms with Crippen LogP contribution in [0.25, 0.3) is 66.1 Å². The van der Waals surface area contributed by atoms with Crippen molar-refractivity contribution >= 4 is 44.4 Å². The largest absolute Gasteiger partial charge is 0.455 e. The molecule has 0 amide bonds. The maximum absolute atomic E-state index is 6.69. The number of rotatable bonds is 6. The Bertz CT molecular complexity index is 2830. The molecule has 250 valence electrons. The summed E-state index contributed by atoms with van der Waals surface area (Å²) < 4.78 is 6.69. The number of nitrogens with one attached hydrogen (secondary N) is 1. The van der Waals surface area contributed by atoms with Crippen LogP contribution in [-0.2, 0) is 0 Å². The number of aliphatic imine (C=N–C) groups is 2. The van der Waals surface area contributed by atoms with Crippen LogP contribution in [0.5, 0.6) is 0 Å². The van der Waals surface area contributed by atoms with Crippen LogP contribution in [0.15, 0.2) is 202 Å². The molecule has 1 aliphatic rings. The quantitative estimate of drug-likeness (QED) is 0.190. The van der Waals surface area contributed by atoms with E-state index in [9.17, 15) is 0 Å². The molecular formula is C49H33N3O. The van der Waals surface area contributed by atoms with Crippen LogP contribution >= 0.6 is 0 Å². The molecule has 0 spiro atoms. The molecular weight excluding hydrogens is 647 g/mol. The highest BCUT2D eigenvalue weighted by molar-refractivity contribution is 6.15. The Balaban J connectivity index is 1.07.